The Labute approximate surface area is 180 Å². The number of ketones is 1. The minimum Gasteiger partial charge on any atom is -0.384 e. The minimum absolute atomic E-state index is 0.0122. The van der Waals surface area contributed by atoms with Crippen LogP contribution in [0.3, 0.4) is 0 Å². The van der Waals surface area contributed by atoms with E-state index in [0.29, 0.717) is 25.1 Å². The van der Waals surface area contributed by atoms with Crippen LogP contribution >= 0.6 is 0 Å². The van der Waals surface area contributed by atoms with Gasteiger partial charge in [0.05, 0.1) is 6.54 Å². The van der Waals surface area contributed by atoms with Gasteiger partial charge in [-0.25, -0.2) is 4.79 Å². The Balaban J connectivity index is 1.94. The Morgan fingerprint density at radius 1 is 1.26 bits per heavy atom. The lowest BCUT2D eigenvalue weighted by atomic mass is 9.95. The van der Waals surface area contributed by atoms with Crippen LogP contribution in [0, 0.1) is 0 Å². The van der Waals surface area contributed by atoms with E-state index in [2.05, 4.69) is 10.3 Å². The average Bonchev–Trinajstić information content (AvgIpc) is 2.70. The molecule has 4 N–H and O–H groups in total. The summed E-state index contributed by atoms with van der Waals surface area (Å²) in [5.74, 6) is -0.719. The summed E-state index contributed by atoms with van der Waals surface area (Å²) in [7, 11) is 0. The van der Waals surface area contributed by atoms with Gasteiger partial charge >= 0.3 is 5.69 Å². The second kappa shape index (κ2) is 9.20. The SMILES string of the molecule is CCCn1c(N)c(C(=O)CN2CCCc3c(C(=O)NC(C)C)cccc32)c(=O)[nH]c1=O. The van der Waals surface area contributed by atoms with Crippen LogP contribution in [0.5, 0.6) is 0 Å². The molecule has 1 aromatic carbocycles. The zero-order chi connectivity index (χ0) is 22.7. The van der Waals surface area contributed by atoms with E-state index in [1.165, 1.54) is 4.57 Å². The number of nitrogens with two attached hydrogens (primary N) is 1. The number of benzene rings is 1. The smallest absolute Gasteiger partial charge is 0.329 e. The van der Waals surface area contributed by atoms with Gasteiger partial charge in [-0.1, -0.05) is 13.0 Å². The summed E-state index contributed by atoms with van der Waals surface area (Å²) in [4.78, 5) is 54.1. The molecule has 0 atom stereocenters. The molecular weight excluding hydrogens is 398 g/mol. The number of aromatic nitrogens is 2. The van der Waals surface area contributed by atoms with E-state index in [4.69, 9.17) is 5.73 Å². The Hall–Kier alpha value is -3.36. The number of nitrogens with one attached hydrogen (secondary N) is 2. The largest absolute Gasteiger partial charge is 0.384 e. The molecule has 166 valence electrons. The molecule has 0 saturated heterocycles. The molecule has 2 aromatic rings. The van der Waals surface area contributed by atoms with Crippen LogP contribution in [0.15, 0.2) is 27.8 Å². The van der Waals surface area contributed by atoms with Gasteiger partial charge in [0.1, 0.15) is 11.4 Å². The van der Waals surface area contributed by atoms with Crippen molar-refractivity contribution in [2.45, 2.75) is 52.6 Å². The molecule has 9 heteroatoms. The van der Waals surface area contributed by atoms with Gasteiger partial charge in [-0.2, -0.15) is 0 Å². The Kier molecular flexibility index (Phi) is 6.62. The number of nitrogen functional groups attached to an aromatic ring is 1. The molecule has 0 spiro atoms. The lowest BCUT2D eigenvalue weighted by Crippen LogP contribution is -2.41. The van der Waals surface area contributed by atoms with Gasteiger partial charge in [0.25, 0.3) is 11.5 Å². The first-order valence-electron chi connectivity index (χ1n) is 10.6. The van der Waals surface area contributed by atoms with Gasteiger partial charge in [-0.3, -0.25) is 23.9 Å². The molecule has 0 radical (unpaired) electrons. The molecule has 0 bridgehead atoms. The fourth-order valence-electron chi connectivity index (χ4n) is 3.97. The molecule has 0 aliphatic carbocycles. The Morgan fingerprint density at radius 2 is 2.00 bits per heavy atom. The highest BCUT2D eigenvalue weighted by molar-refractivity contribution is 6.03. The molecule has 1 aliphatic heterocycles. The van der Waals surface area contributed by atoms with E-state index < -0.39 is 17.0 Å². The van der Waals surface area contributed by atoms with E-state index in [1.807, 2.05) is 31.7 Å². The fraction of sp³-hybridized carbons (Fsp3) is 0.455. The topological polar surface area (TPSA) is 130 Å². The number of Topliss-reactive ketones (excluding diaryl/α,β-unsaturated/α-hetero) is 1. The number of anilines is 2. The maximum atomic E-state index is 13.1. The van der Waals surface area contributed by atoms with Crippen LogP contribution in [-0.2, 0) is 13.0 Å². The van der Waals surface area contributed by atoms with Gasteiger partial charge in [-0.05, 0) is 50.8 Å². The quantitative estimate of drug-likeness (QED) is 0.571. The molecule has 9 nitrogen and oxygen atoms in total. The highest BCUT2D eigenvalue weighted by Gasteiger charge is 2.26. The summed E-state index contributed by atoms with van der Waals surface area (Å²) < 4.78 is 1.22. The van der Waals surface area contributed by atoms with Crippen molar-refractivity contribution in [3.63, 3.8) is 0 Å². The predicted octanol–water partition coefficient (Wildman–Crippen LogP) is 1.30. The third-order valence-corrected chi connectivity index (χ3v) is 5.31. The van der Waals surface area contributed by atoms with Gasteiger partial charge in [0.15, 0.2) is 5.78 Å². The molecule has 31 heavy (non-hydrogen) atoms. The molecule has 0 fully saturated rings. The molecule has 3 rings (SSSR count). The molecule has 0 saturated carbocycles. The summed E-state index contributed by atoms with van der Waals surface area (Å²) in [6.07, 6.45) is 2.13. The summed E-state index contributed by atoms with van der Waals surface area (Å²) in [6.45, 7) is 6.52. The summed E-state index contributed by atoms with van der Waals surface area (Å²) in [5, 5.41) is 2.91. The van der Waals surface area contributed by atoms with Crippen LogP contribution < -0.4 is 27.2 Å². The van der Waals surface area contributed by atoms with E-state index in [0.717, 1.165) is 24.1 Å². The highest BCUT2D eigenvalue weighted by Crippen LogP contribution is 2.30. The van der Waals surface area contributed by atoms with Crippen LogP contribution in [0.1, 0.15) is 59.9 Å². The number of aromatic amines is 1. The number of H-pyrrole nitrogens is 1. The summed E-state index contributed by atoms with van der Waals surface area (Å²) in [5.41, 5.74) is 6.72. The third kappa shape index (κ3) is 4.55. The number of rotatable bonds is 7. The lowest BCUT2D eigenvalue weighted by molar-refractivity contribution is 0.0941. The van der Waals surface area contributed by atoms with Crippen molar-refractivity contribution in [1.29, 1.82) is 0 Å². The molecule has 2 heterocycles. The van der Waals surface area contributed by atoms with E-state index >= 15 is 0 Å². The number of hydrogen-bond donors (Lipinski definition) is 3. The van der Waals surface area contributed by atoms with E-state index in [1.54, 1.807) is 12.1 Å². The van der Waals surface area contributed by atoms with E-state index in [-0.39, 0.29) is 29.9 Å². The maximum absolute atomic E-state index is 13.1. The predicted molar refractivity (Wildman–Crippen MR) is 120 cm³/mol. The first kappa shape index (κ1) is 22.3. The van der Waals surface area contributed by atoms with Crippen LogP contribution in [0.4, 0.5) is 11.5 Å². The normalized spacial score (nSPS) is 13.2. The Morgan fingerprint density at radius 3 is 2.68 bits per heavy atom. The number of fused-ring (bicyclic) bond motifs is 1. The van der Waals surface area contributed by atoms with Crippen molar-refractivity contribution >= 4 is 23.2 Å². The van der Waals surface area contributed by atoms with Crippen molar-refractivity contribution in [2.75, 3.05) is 23.7 Å². The fourth-order valence-corrected chi connectivity index (χ4v) is 3.97. The summed E-state index contributed by atoms with van der Waals surface area (Å²) >= 11 is 0. The molecule has 1 aromatic heterocycles. The third-order valence-electron chi connectivity index (χ3n) is 5.31. The molecular formula is C22H29N5O4. The van der Waals surface area contributed by atoms with Crippen molar-refractivity contribution in [3.05, 3.63) is 55.7 Å². The van der Waals surface area contributed by atoms with Gasteiger partial charge < -0.3 is 16.0 Å². The zero-order valence-electron chi connectivity index (χ0n) is 18.2. The van der Waals surface area contributed by atoms with Crippen molar-refractivity contribution in [2.24, 2.45) is 0 Å². The van der Waals surface area contributed by atoms with Crippen molar-refractivity contribution in [1.82, 2.24) is 14.9 Å². The number of carbonyl (C=O) groups excluding carboxylic acids is 2. The lowest BCUT2D eigenvalue weighted by Gasteiger charge is -2.32. The van der Waals surface area contributed by atoms with Crippen LogP contribution in [-0.4, -0.2) is 40.4 Å². The molecule has 0 unspecified atom stereocenters. The first-order chi connectivity index (χ1) is 14.7. The number of nitrogens with zero attached hydrogens (tertiary/aromatic N) is 2. The number of amides is 1. The zero-order valence-corrected chi connectivity index (χ0v) is 18.2. The van der Waals surface area contributed by atoms with Gasteiger partial charge in [0.2, 0.25) is 0 Å². The second-order valence-corrected chi connectivity index (χ2v) is 8.05. The van der Waals surface area contributed by atoms with Gasteiger partial charge in [-0.15, -0.1) is 0 Å². The first-order valence-corrected chi connectivity index (χ1v) is 10.6. The monoisotopic (exact) mass is 427 g/mol. The van der Waals surface area contributed by atoms with Gasteiger partial charge in [0, 0.05) is 30.4 Å². The van der Waals surface area contributed by atoms with Crippen LogP contribution in [0.25, 0.3) is 0 Å². The minimum atomic E-state index is -0.776. The number of carbonyl (C=O) groups is 2. The molecule has 1 aliphatic rings. The summed E-state index contributed by atoms with van der Waals surface area (Å²) in [6, 6.07) is 5.46. The standard InChI is InChI=1S/C22H29N5O4/c1-4-10-27-19(23)18(21(30)25-22(27)31)17(28)12-26-11-6-8-14-15(7-5-9-16(14)26)20(29)24-13(2)3/h5,7,9,13H,4,6,8,10-12,23H2,1-3H3,(H,24,29)(H,25,30,31). The van der Waals surface area contributed by atoms with Crippen molar-refractivity contribution < 1.29 is 9.59 Å². The van der Waals surface area contributed by atoms with Crippen molar-refractivity contribution in [3.8, 4) is 0 Å². The molecule has 1 amide bonds. The number of hydrogen-bond acceptors (Lipinski definition) is 6. The van der Waals surface area contributed by atoms with E-state index in [9.17, 15) is 19.2 Å². The highest BCUT2D eigenvalue weighted by atomic mass is 16.2. The average molecular weight is 428 g/mol. The second-order valence-electron chi connectivity index (χ2n) is 8.05. The Bertz CT molecular complexity index is 1120. The maximum Gasteiger partial charge on any atom is 0.329 e. The van der Waals surface area contributed by atoms with Crippen LogP contribution in [0.2, 0.25) is 0 Å².